The third-order valence-electron chi connectivity index (χ3n) is 6.02. The SMILES string of the molecule is Cc1cccnc1-c1nc2cc(Nc3ccc(Cl)c(N4[C@H]5C[C@@H]4N(C)C5)n3)ncc2s1. The number of pyridine rings is 3. The first-order valence-electron chi connectivity index (χ1n) is 10.2. The molecule has 4 aromatic rings. The summed E-state index contributed by atoms with van der Waals surface area (Å²) in [5.74, 6) is 2.25. The number of halogens is 1. The second-order valence-electron chi connectivity index (χ2n) is 8.07. The van der Waals surface area contributed by atoms with Crippen LogP contribution in [0.4, 0.5) is 17.5 Å². The predicted octanol–water partition coefficient (Wildman–Crippen LogP) is 4.70. The van der Waals surface area contributed by atoms with Crippen LogP contribution in [0.1, 0.15) is 12.0 Å². The summed E-state index contributed by atoms with van der Waals surface area (Å²) in [6.07, 6.45) is 5.21. The Morgan fingerprint density at radius 1 is 1.16 bits per heavy atom. The van der Waals surface area contributed by atoms with Crippen molar-refractivity contribution < 1.29 is 0 Å². The quantitative estimate of drug-likeness (QED) is 0.484. The molecule has 2 bridgehead atoms. The number of fused-ring (bicyclic) bond motifs is 2. The van der Waals surface area contributed by atoms with Crippen molar-refractivity contribution in [2.24, 2.45) is 0 Å². The minimum atomic E-state index is 0.392. The van der Waals surface area contributed by atoms with Crippen molar-refractivity contribution in [3.8, 4) is 10.7 Å². The van der Waals surface area contributed by atoms with Crippen LogP contribution in [0, 0.1) is 6.92 Å². The van der Waals surface area contributed by atoms with Crippen LogP contribution < -0.4 is 10.2 Å². The molecule has 31 heavy (non-hydrogen) atoms. The molecule has 0 saturated carbocycles. The smallest absolute Gasteiger partial charge is 0.151 e. The van der Waals surface area contributed by atoms with Crippen molar-refractivity contribution in [1.29, 1.82) is 0 Å². The maximum atomic E-state index is 6.48. The van der Waals surface area contributed by atoms with Gasteiger partial charge < -0.3 is 10.2 Å². The average molecular weight is 450 g/mol. The molecule has 3 aliphatic rings. The number of rotatable bonds is 4. The fourth-order valence-electron chi connectivity index (χ4n) is 4.43. The van der Waals surface area contributed by atoms with Gasteiger partial charge in [0.15, 0.2) is 5.82 Å². The van der Waals surface area contributed by atoms with Gasteiger partial charge in [-0.05, 0) is 37.7 Å². The molecule has 3 aliphatic heterocycles. The minimum Gasteiger partial charge on any atom is -0.335 e. The number of nitrogens with one attached hydrogen (secondary N) is 1. The second kappa shape index (κ2) is 7.12. The van der Waals surface area contributed by atoms with Crippen LogP contribution in [0.25, 0.3) is 20.9 Å². The fraction of sp³-hybridized carbons (Fsp3) is 0.273. The largest absolute Gasteiger partial charge is 0.335 e. The highest BCUT2D eigenvalue weighted by Crippen LogP contribution is 2.42. The Labute approximate surface area is 188 Å². The Hall–Kier alpha value is -2.81. The Morgan fingerprint density at radius 3 is 2.84 bits per heavy atom. The van der Waals surface area contributed by atoms with Crippen molar-refractivity contribution in [1.82, 2.24) is 24.8 Å². The topological polar surface area (TPSA) is 70.1 Å². The molecular weight excluding hydrogens is 430 g/mol. The van der Waals surface area contributed by atoms with E-state index >= 15 is 0 Å². The lowest BCUT2D eigenvalue weighted by Crippen LogP contribution is -2.52. The van der Waals surface area contributed by atoms with Crippen LogP contribution in [0.2, 0.25) is 5.02 Å². The number of nitrogens with zero attached hydrogens (tertiary/aromatic N) is 6. The van der Waals surface area contributed by atoms with Crippen molar-refractivity contribution >= 4 is 50.6 Å². The van der Waals surface area contributed by atoms with Gasteiger partial charge in [0.05, 0.1) is 21.4 Å². The van der Waals surface area contributed by atoms with Crippen LogP contribution in [-0.4, -0.2) is 50.6 Å². The van der Waals surface area contributed by atoms with Crippen LogP contribution >= 0.6 is 22.9 Å². The van der Waals surface area contributed by atoms with Gasteiger partial charge in [-0.1, -0.05) is 17.7 Å². The highest BCUT2D eigenvalue weighted by molar-refractivity contribution is 7.21. The summed E-state index contributed by atoms with van der Waals surface area (Å²) in [4.78, 5) is 23.3. The molecule has 7 heterocycles. The zero-order valence-corrected chi connectivity index (χ0v) is 18.7. The molecule has 1 N–H and O–H groups in total. The van der Waals surface area contributed by atoms with E-state index in [0.717, 1.165) is 44.7 Å². The van der Waals surface area contributed by atoms with Crippen LogP contribution in [0.3, 0.4) is 0 Å². The van der Waals surface area contributed by atoms with Gasteiger partial charge in [-0.2, -0.15) is 0 Å². The third-order valence-corrected chi connectivity index (χ3v) is 7.33. The average Bonchev–Trinajstić information content (AvgIpc) is 3.42. The van der Waals surface area contributed by atoms with Gasteiger partial charge >= 0.3 is 0 Å². The summed E-state index contributed by atoms with van der Waals surface area (Å²) < 4.78 is 1.02. The molecule has 0 amide bonds. The lowest BCUT2D eigenvalue weighted by atomic mass is 10.1. The molecular formula is C22H20ClN7S. The normalized spacial score (nSPS) is 20.3. The number of anilines is 3. The van der Waals surface area contributed by atoms with Gasteiger partial charge in [0, 0.05) is 37.5 Å². The van der Waals surface area contributed by atoms with E-state index in [2.05, 4.69) is 32.1 Å². The van der Waals surface area contributed by atoms with Gasteiger partial charge in [0.1, 0.15) is 22.3 Å². The lowest BCUT2D eigenvalue weighted by Gasteiger charge is -2.42. The van der Waals surface area contributed by atoms with E-state index in [0.29, 0.717) is 23.0 Å². The second-order valence-corrected chi connectivity index (χ2v) is 9.51. The molecule has 4 aromatic heterocycles. The third kappa shape index (κ3) is 3.13. The zero-order chi connectivity index (χ0) is 21.1. The monoisotopic (exact) mass is 449 g/mol. The fourth-order valence-corrected chi connectivity index (χ4v) is 5.61. The van der Waals surface area contributed by atoms with Gasteiger partial charge in [-0.15, -0.1) is 11.3 Å². The maximum absolute atomic E-state index is 6.48. The zero-order valence-electron chi connectivity index (χ0n) is 17.1. The molecule has 3 saturated heterocycles. The van der Waals surface area contributed by atoms with Crippen molar-refractivity contribution in [2.75, 3.05) is 23.8 Å². The summed E-state index contributed by atoms with van der Waals surface area (Å²) in [6.45, 7) is 3.10. The Bertz CT molecular complexity index is 1310. The first-order valence-corrected chi connectivity index (χ1v) is 11.4. The number of likely N-dealkylation sites (N-methyl/N-ethyl adjacent to an activating group) is 1. The minimum absolute atomic E-state index is 0.392. The summed E-state index contributed by atoms with van der Waals surface area (Å²) >= 11 is 8.08. The van der Waals surface area contributed by atoms with Gasteiger partial charge in [-0.25, -0.2) is 15.0 Å². The van der Waals surface area contributed by atoms with Crippen LogP contribution in [-0.2, 0) is 0 Å². The van der Waals surface area contributed by atoms with E-state index in [1.165, 1.54) is 6.42 Å². The highest BCUT2D eigenvalue weighted by Gasteiger charge is 2.49. The maximum Gasteiger partial charge on any atom is 0.151 e. The molecule has 0 radical (unpaired) electrons. The molecule has 9 heteroatoms. The van der Waals surface area contributed by atoms with Gasteiger partial charge in [0.25, 0.3) is 0 Å². The number of hydrogen-bond donors (Lipinski definition) is 1. The first kappa shape index (κ1) is 18.9. The van der Waals surface area contributed by atoms with Crippen molar-refractivity contribution in [3.63, 3.8) is 0 Å². The van der Waals surface area contributed by atoms with Crippen molar-refractivity contribution in [3.05, 3.63) is 53.3 Å². The van der Waals surface area contributed by atoms with Gasteiger partial charge in [0.2, 0.25) is 0 Å². The lowest BCUT2D eigenvalue weighted by molar-refractivity contribution is 0.303. The molecule has 0 spiro atoms. The standard InChI is InChI=1S/C22H20ClN7S/c1-12-4-3-7-24-20(12)22-26-15-9-18(25-10-16(15)31-22)27-17-6-5-14(23)21(28-17)30-13-8-19(30)29(2)11-13/h3-7,9-10,13,19H,8,11H2,1-2H3,(H,25,27,28)/t13-,19+/m0/s1. The number of thiazole rings is 1. The molecule has 7 nitrogen and oxygen atoms in total. The van der Waals surface area contributed by atoms with Crippen LogP contribution in [0.5, 0.6) is 0 Å². The van der Waals surface area contributed by atoms with E-state index in [9.17, 15) is 0 Å². The Morgan fingerprint density at radius 2 is 2.06 bits per heavy atom. The van der Waals surface area contributed by atoms with Crippen LogP contribution in [0.15, 0.2) is 42.7 Å². The molecule has 0 aliphatic carbocycles. The van der Waals surface area contributed by atoms with E-state index in [1.54, 1.807) is 17.5 Å². The molecule has 0 unspecified atom stereocenters. The predicted molar refractivity (Wildman–Crippen MR) is 125 cm³/mol. The molecule has 156 valence electrons. The van der Waals surface area contributed by atoms with E-state index in [1.807, 2.05) is 43.5 Å². The van der Waals surface area contributed by atoms with E-state index < -0.39 is 0 Å². The number of aromatic nitrogens is 4. The molecule has 3 fully saturated rings. The summed E-state index contributed by atoms with van der Waals surface area (Å²) in [5.41, 5.74) is 2.91. The summed E-state index contributed by atoms with van der Waals surface area (Å²) in [5, 5.41) is 4.89. The Kier molecular flexibility index (Phi) is 4.34. The summed E-state index contributed by atoms with van der Waals surface area (Å²) in [6, 6.07) is 10.2. The first-order chi connectivity index (χ1) is 15.1. The van der Waals surface area contributed by atoms with Gasteiger partial charge in [-0.3, -0.25) is 9.88 Å². The van der Waals surface area contributed by atoms with E-state index in [4.69, 9.17) is 21.6 Å². The molecule has 2 atom stereocenters. The molecule has 7 rings (SSSR count). The highest BCUT2D eigenvalue weighted by atomic mass is 35.5. The Balaban J connectivity index is 1.29. The van der Waals surface area contributed by atoms with Crippen molar-refractivity contribution in [2.45, 2.75) is 25.6 Å². The number of hydrogen-bond acceptors (Lipinski definition) is 8. The van der Waals surface area contributed by atoms with E-state index in [-0.39, 0.29) is 0 Å². The summed E-state index contributed by atoms with van der Waals surface area (Å²) in [7, 11) is 2.15. The molecule has 0 aromatic carbocycles. The number of aryl methyl sites for hydroxylation is 1.